The van der Waals surface area contributed by atoms with Crippen molar-refractivity contribution in [1.82, 2.24) is 9.97 Å². The van der Waals surface area contributed by atoms with Gasteiger partial charge in [-0.05, 0) is 18.3 Å². The highest BCUT2D eigenvalue weighted by Gasteiger charge is 2.31. The largest absolute Gasteiger partial charge is 0.383 e. The first-order chi connectivity index (χ1) is 7.07. The van der Waals surface area contributed by atoms with E-state index in [0.29, 0.717) is 17.1 Å². The molecule has 0 spiro atoms. The summed E-state index contributed by atoms with van der Waals surface area (Å²) >= 11 is 0. The van der Waals surface area contributed by atoms with Crippen molar-refractivity contribution in [3.63, 3.8) is 0 Å². The van der Waals surface area contributed by atoms with Gasteiger partial charge in [0, 0.05) is 12.6 Å². The van der Waals surface area contributed by atoms with Crippen molar-refractivity contribution in [1.29, 1.82) is 0 Å². The molecule has 0 aromatic carbocycles. The zero-order valence-electron chi connectivity index (χ0n) is 8.95. The van der Waals surface area contributed by atoms with Crippen LogP contribution in [-0.4, -0.2) is 16.5 Å². The molecule has 0 bridgehead atoms. The first-order valence-electron chi connectivity index (χ1n) is 5.21. The van der Waals surface area contributed by atoms with Gasteiger partial charge < -0.3 is 16.8 Å². The summed E-state index contributed by atoms with van der Waals surface area (Å²) in [6.07, 6.45) is 3.87. The van der Waals surface area contributed by atoms with Crippen molar-refractivity contribution in [2.24, 2.45) is 5.41 Å². The first kappa shape index (κ1) is 10.0. The molecule has 1 aromatic heterocycles. The fourth-order valence-corrected chi connectivity index (χ4v) is 1.84. The number of aromatic nitrogens is 2. The predicted molar refractivity (Wildman–Crippen MR) is 61.3 cm³/mol. The highest BCUT2D eigenvalue weighted by atomic mass is 15.1. The van der Waals surface area contributed by atoms with Gasteiger partial charge in [-0.15, -0.1) is 0 Å². The zero-order chi connectivity index (χ0) is 10.9. The molecule has 1 aliphatic rings. The third-order valence-electron chi connectivity index (χ3n) is 3.02. The summed E-state index contributed by atoms with van der Waals surface area (Å²) in [5.41, 5.74) is 11.5. The van der Waals surface area contributed by atoms with E-state index in [1.54, 1.807) is 6.07 Å². The van der Waals surface area contributed by atoms with Crippen molar-refractivity contribution in [3.8, 4) is 0 Å². The minimum atomic E-state index is 0.219. The van der Waals surface area contributed by atoms with Gasteiger partial charge in [-0.2, -0.15) is 9.97 Å². The molecule has 1 fully saturated rings. The summed E-state index contributed by atoms with van der Waals surface area (Å²) in [5.74, 6) is 1.34. The molecule has 82 valence electrons. The minimum absolute atomic E-state index is 0.219. The average molecular weight is 207 g/mol. The second-order valence-electron chi connectivity index (χ2n) is 4.55. The fraction of sp³-hybridized carbons (Fsp3) is 0.600. The lowest BCUT2D eigenvalue weighted by molar-refractivity contribution is 0.180. The minimum Gasteiger partial charge on any atom is -0.383 e. The SMILES string of the molecule is CC1(CNc2cc(N)nc(N)n2)CCC1. The summed E-state index contributed by atoms with van der Waals surface area (Å²) in [5, 5.41) is 3.26. The van der Waals surface area contributed by atoms with Crippen LogP contribution in [0, 0.1) is 5.41 Å². The molecular weight excluding hydrogens is 190 g/mol. The number of hydrogen-bond donors (Lipinski definition) is 3. The Bertz CT molecular complexity index is 339. The quantitative estimate of drug-likeness (QED) is 0.694. The predicted octanol–water partition coefficient (Wildman–Crippen LogP) is 1.24. The van der Waals surface area contributed by atoms with Crippen LogP contribution in [0.2, 0.25) is 0 Å². The highest BCUT2D eigenvalue weighted by molar-refractivity contribution is 5.48. The van der Waals surface area contributed by atoms with Gasteiger partial charge in [-0.3, -0.25) is 0 Å². The van der Waals surface area contributed by atoms with Crippen LogP contribution >= 0.6 is 0 Å². The van der Waals surface area contributed by atoms with Gasteiger partial charge in [-0.25, -0.2) is 0 Å². The number of nitrogen functional groups attached to an aromatic ring is 2. The number of nitrogens with one attached hydrogen (secondary N) is 1. The van der Waals surface area contributed by atoms with E-state index in [1.807, 2.05) is 0 Å². The number of nitrogens with two attached hydrogens (primary N) is 2. The monoisotopic (exact) mass is 207 g/mol. The summed E-state index contributed by atoms with van der Waals surface area (Å²) in [6.45, 7) is 3.19. The summed E-state index contributed by atoms with van der Waals surface area (Å²) in [4.78, 5) is 7.89. The normalized spacial score (nSPS) is 18.2. The van der Waals surface area contributed by atoms with Gasteiger partial charge in [0.25, 0.3) is 0 Å². The number of hydrogen-bond acceptors (Lipinski definition) is 5. The summed E-state index contributed by atoms with van der Waals surface area (Å²) in [7, 11) is 0. The summed E-state index contributed by atoms with van der Waals surface area (Å²) < 4.78 is 0. The van der Waals surface area contributed by atoms with Crippen LogP contribution in [0.15, 0.2) is 6.07 Å². The van der Waals surface area contributed by atoms with Crippen molar-refractivity contribution in [3.05, 3.63) is 6.07 Å². The fourth-order valence-electron chi connectivity index (χ4n) is 1.84. The van der Waals surface area contributed by atoms with Crippen molar-refractivity contribution >= 4 is 17.6 Å². The maximum atomic E-state index is 5.57. The molecule has 5 nitrogen and oxygen atoms in total. The molecule has 0 radical (unpaired) electrons. The third kappa shape index (κ3) is 2.29. The lowest BCUT2D eigenvalue weighted by Crippen LogP contribution is -2.33. The lowest BCUT2D eigenvalue weighted by Gasteiger charge is -2.38. The van der Waals surface area contributed by atoms with Crippen LogP contribution < -0.4 is 16.8 Å². The van der Waals surface area contributed by atoms with E-state index >= 15 is 0 Å². The third-order valence-corrected chi connectivity index (χ3v) is 3.02. The molecule has 0 saturated heterocycles. The maximum absolute atomic E-state index is 5.57. The Labute approximate surface area is 89.3 Å². The van der Waals surface area contributed by atoms with E-state index in [-0.39, 0.29) is 5.95 Å². The molecule has 0 atom stereocenters. The molecule has 5 heteroatoms. The number of nitrogens with zero attached hydrogens (tertiary/aromatic N) is 2. The van der Waals surface area contributed by atoms with Crippen molar-refractivity contribution in [2.45, 2.75) is 26.2 Å². The van der Waals surface area contributed by atoms with Crippen LogP contribution in [0.25, 0.3) is 0 Å². The summed E-state index contributed by atoms with van der Waals surface area (Å²) in [6, 6.07) is 1.71. The van der Waals surface area contributed by atoms with Gasteiger partial charge in [-0.1, -0.05) is 13.3 Å². The second-order valence-corrected chi connectivity index (χ2v) is 4.55. The number of anilines is 3. The Hall–Kier alpha value is -1.52. The zero-order valence-corrected chi connectivity index (χ0v) is 8.95. The van der Waals surface area contributed by atoms with Crippen LogP contribution in [0.5, 0.6) is 0 Å². The highest BCUT2D eigenvalue weighted by Crippen LogP contribution is 2.40. The Kier molecular flexibility index (Phi) is 2.38. The van der Waals surface area contributed by atoms with E-state index < -0.39 is 0 Å². The Morgan fingerprint density at radius 2 is 2.13 bits per heavy atom. The Balaban J connectivity index is 1.98. The molecule has 1 heterocycles. The van der Waals surface area contributed by atoms with E-state index in [1.165, 1.54) is 19.3 Å². The molecule has 0 unspecified atom stereocenters. The van der Waals surface area contributed by atoms with Crippen molar-refractivity contribution in [2.75, 3.05) is 23.3 Å². The Morgan fingerprint density at radius 3 is 2.67 bits per heavy atom. The van der Waals surface area contributed by atoms with Crippen LogP contribution in [0.4, 0.5) is 17.6 Å². The van der Waals surface area contributed by atoms with E-state index in [2.05, 4.69) is 22.2 Å². The first-order valence-corrected chi connectivity index (χ1v) is 5.21. The molecule has 2 rings (SSSR count). The molecule has 0 aliphatic heterocycles. The van der Waals surface area contributed by atoms with Gasteiger partial charge in [0.05, 0.1) is 0 Å². The number of rotatable bonds is 3. The van der Waals surface area contributed by atoms with E-state index in [0.717, 1.165) is 6.54 Å². The molecule has 5 N–H and O–H groups in total. The van der Waals surface area contributed by atoms with Crippen LogP contribution in [-0.2, 0) is 0 Å². The molecule has 0 amide bonds. The molecule has 1 aromatic rings. The smallest absolute Gasteiger partial charge is 0.223 e. The second kappa shape index (κ2) is 3.56. The topological polar surface area (TPSA) is 89.8 Å². The van der Waals surface area contributed by atoms with Crippen LogP contribution in [0.1, 0.15) is 26.2 Å². The molecule has 1 aliphatic carbocycles. The van der Waals surface area contributed by atoms with Gasteiger partial charge in [0.2, 0.25) is 5.95 Å². The molecular formula is C10H17N5. The molecule has 1 saturated carbocycles. The lowest BCUT2D eigenvalue weighted by atomic mass is 9.70. The van der Waals surface area contributed by atoms with Gasteiger partial charge >= 0.3 is 0 Å². The standard InChI is InChI=1S/C10H17N5/c1-10(3-2-4-10)6-13-8-5-7(11)14-9(12)15-8/h5H,2-4,6H2,1H3,(H5,11,12,13,14,15). The maximum Gasteiger partial charge on any atom is 0.223 e. The van der Waals surface area contributed by atoms with E-state index in [9.17, 15) is 0 Å². The molecule has 15 heavy (non-hydrogen) atoms. The van der Waals surface area contributed by atoms with E-state index in [4.69, 9.17) is 11.5 Å². The average Bonchev–Trinajstić information content (AvgIpc) is 2.10. The van der Waals surface area contributed by atoms with Gasteiger partial charge in [0.1, 0.15) is 11.6 Å². The Morgan fingerprint density at radius 1 is 1.40 bits per heavy atom. The van der Waals surface area contributed by atoms with Crippen LogP contribution in [0.3, 0.4) is 0 Å². The van der Waals surface area contributed by atoms with Gasteiger partial charge in [0.15, 0.2) is 0 Å². The van der Waals surface area contributed by atoms with Crippen molar-refractivity contribution < 1.29 is 0 Å².